The molecule has 51 heavy (non-hydrogen) atoms. The quantitative estimate of drug-likeness (QED) is 0.189. The van der Waals surface area contributed by atoms with Gasteiger partial charge >= 0.3 is 0 Å². The summed E-state index contributed by atoms with van der Waals surface area (Å²) in [4.78, 5) is 15.5. The highest BCUT2D eigenvalue weighted by atomic mass is 16.5. The Hall–Kier alpha value is -5.75. The fourth-order valence-electron chi connectivity index (χ4n) is 9.13. The van der Waals surface area contributed by atoms with E-state index in [4.69, 9.17) is 19.7 Å². The van der Waals surface area contributed by atoms with Crippen LogP contribution in [0.3, 0.4) is 0 Å². The van der Waals surface area contributed by atoms with Crippen molar-refractivity contribution in [2.24, 2.45) is 4.99 Å². The van der Waals surface area contributed by atoms with Crippen molar-refractivity contribution >= 4 is 49.6 Å². The SMILES string of the molecule is Cc1ccc2c(c1)c1ccc(-n3c4ccc(C)cc4c4cccnc43)cc1n2-c1cc(C2=N[C@]3(C)c4ccccc4C(C)(C)[C@]3(C)O2)cc(C)n1. The Morgan fingerprint density at radius 3 is 2.08 bits per heavy atom. The van der Waals surface area contributed by atoms with Crippen molar-refractivity contribution in [3.8, 4) is 11.5 Å². The van der Waals surface area contributed by atoms with Gasteiger partial charge in [-0.2, -0.15) is 0 Å². The van der Waals surface area contributed by atoms with Gasteiger partial charge in [0.05, 0.1) is 16.6 Å². The van der Waals surface area contributed by atoms with Crippen molar-refractivity contribution < 1.29 is 4.74 Å². The Labute approximate surface area is 297 Å². The van der Waals surface area contributed by atoms with Crippen molar-refractivity contribution in [1.29, 1.82) is 0 Å². The second-order valence-corrected chi connectivity index (χ2v) is 15.4. The van der Waals surface area contributed by atoms with Gasteiger partial charge in [-0.3, -0.25) is 9.13 Å². The monoisotopic (exact) mass is 665 g/mol. The Balaban J connectivity index is 1.20. The molecule has 0 spiro atoms. The molecule has 0 amide bonds. The maximum atomic E-state index is 7.04. The van der Waals surface area contributed by atoms with Crippen LogP contribution in [0.2, 0.25) is 0 Å². The van der Waals surface area contributed by atoms with E-state index in [0.717, 1.165) is 50.3 Å². The first-order valence-electron chi connectivity index (χ1n) is 17.8. The second-order valence-electron chi connectivity index (χ2n) is 15.4. The standard InChI is InChI=1S/C45H39N5O/c1-26-15-19-38-33(21-26)31-17-16-30(49-37-18-14-27(2)22-34(37)32-11-10-20-46-41(32)49)25-39(31)50(38)40-24-29(23-28(3)47-40)42-48-44(6)36-13-9-8-12-35(36)43(4,5)45(44,7)51-42/h8-25H,1-7H3/t44-,45+/m1/s1. The molecular formula is C45H39N5O. The van der Waals surface area contributed by atoms with Gasteiger partial charge in [0, 0.05) is 50.1 Å². The zero-order valence-electron chi connectivity index (χ0n) is 30.0. The predicted octanol–water partition coefficient (Wildman–Crippen LogP) is 10.3. The zero-order valence-corrected chi connectivity index (χ0v) is 30.0. The lowest BCUT2D eigenvalue weighted by Gasteiger charge is -2.41. The van der Waals surface area contributed by atoms with Crippen molar-refractivity contribution in [1.82, 2.24) is 19.1 Å². The van der Waals surface area contributed by atoms with Gasteiger partial charge in [-0.05, 0) is 106 Å². The summed E-state index contributed by atoms with van der Waals surface area (Å²) in [7, 11) is 0. The molecule has 0 unspecified atom stereocenters. The molecule has 2 aliphatic rings. The van der Waals surface area contributed by atoms with Gasteiger partial charge in [-0.15, -0.1) is 0 Å². The van der Waals surface area contributed by atoms with Crippen molar-refractivity contribution in [3.05, 3.63) is 143 Å². The third kappa shape index (κ3) is 3.85. The fraction of sp³-hybridized carbons (Fsp3) is 0.222. The van der Waals surface area contributed by atoms with Gasteiger partial charge in [0.1, 0.15) is 22.6 Å². The lowest BCUT2D eigenvalue weighted by Crippen LogP contribution is -2.51. The number of nitrogens with zero attached hydrogens (tertiary/aromatic N) is 5. The van der Waals surface area contributed by atoms with Crippen molar-refractivity contribution in [2.45, 2.75) is 65.0 Å². The molecule has 0 N–H and O–H groups in total. The van der Waals surface area contributed by atoms with Crippen LogP contribution in [-0.4, -0.2) is 30.6 Å². The van der Waals surface area contributed by atoms with E-state index < -0.39 is 11.1 Å². The lowest BCUT2D eigenvalue weighted by atomic mass is 9.71. The molecule has 1 aliphatic heterocycles. The van der Waals surface area contributed by atoms with E-state index in [9.17, 15) is 0 Å². The normalized spacial score (nSPS) is 20.6. The van der Waals surface area contributed by atoms with Crippen LogP contribution in [0.1, 0.15) is 61.2 Å². The summed E-state index contributed by atoms with van der Waals surface area (Å²) in [6.07, 6.45) is 1.88. The van der Waals surface area contributed by atoms with E-state index in [-0.39, 0.29) is 5.41 Å². The highest BCUT2D eigenvalue weighted by molar-refractivity contribution is 6.11. The maximum absolute atomic E-state index is 7.04. The highest BCUT2D eigenvalue weighted by Gasteiger charge is 2.67. The average molecular weight is 666 g/mol. The molecule has 0 saturated heterocycles. The first-order chi connectivity index (χ1) is 24.5. The van der Waals surface area contributed by atoms with Crippen LogP contribution in [-0.2, 0) is 15.7 Å². The van der Waals surface area contributed by atoms with E-state index in [1.807, 2.05) is 12.3 Å². The fourth-order valence-corrected chi connectivity index (χ4v) is 9.13. The summed E-state index contributed by atoms with van der Waals surface area (Å²) in [5.41, 5.74) is 10.8. The molecule has 1 aliphatic carbocycles. The van der Waals surface area contributed by atoms with Crippen LogP contribution in [0, 0.1) is 20.8 Å². The van der Waals surface area contributed by atoms with E-state index in [0.29, 0.717) is 5.90 Å². The van der Waals surface area contributed by atoms with E-state index >= 15 is 0 Å². The molecule has 8 aromatic rings. The maximum Gasteiger partial charge on any atom is 0.217 e. The topological polar surface area (TPSA) is 57.2 Å². The minimum Gasteiger partial charge on any atom is -0.467 e. The van der Waals surface area contributed by atoms with E-state index in [1.54, 1.807) is 0 Å². The molecule has 0 saturated carbocycles. The van der Waals surface area contributed by atoms with Crippen LogP contribution in [0.4, 0.5) is 0 Å². The van der Waals surface area contributed by atoms with Crippen molar-refractivity contribution in [2.75, 3.05) is 0 Å². The molecular weight excluding hydrogens is 627 g/mol. The van der Waals surface area contributed by atoms with Crippen molar-refractivity contribution in [3.63, 3.8) is 0 Å². The molecule has 0 radical (unpaired) electrons. The minimum atomic E-state index is -0.551. The van der Waals surface area contributed by atoms with E-state index in [2.05, 4.69) is 155 Å². The second kappa shape index (κ2) is 9.94. The Kier molecular flexibility index (Phi) is 5.87. The molecule has 4 aromatic heterocycles. The Bertz CT molecular complexity index is 2840. The van der Waals surface area contributed by atoms with E-state index in [1.165, 1.54) is 38.4 Å². The Morgan fingerprint density at radius 1 is 0.608 bits per heavy atom. The third-order valence-corrected chi connectivity index (χ3v) is 12.1. The first-order valence-corrected chi connectivity index (χ1v) is 17.8. The summed E-state index contributed by atoms with van der Waals surface area (Å²) < 4.78 is 11.6. The number of ether oxygens (including phenoxy) is 1. The number of benzene rings is 4. The average Bonchev–Trinajstić information content (AvgIpc) is 3.75. The molecule has 10 rings (SSSR count). The van der Waals surface area contributed by atoms with Crippen LogP contribution in [0.15, 0.2) is 114 Å². The summed E-state index contributed by atoms with van der Waals surface area (Å²) in [5.74, 6) is 1.50. The highest BCUT2D eigenvalue weighted by Crippen LogP contribution is 2.61. The number of pyridine rings is 2. The minimum absolute atomic E-state index is 0.240. The predicted molar refractivity (Wildman–Crippen MR) is 208 cm³/mol. The number of aliphatic imine (C=N–C) groups is 1. The molecule has 0 bridgehead atoms. The van der Waals surface area contributed by atoms with Crippen LogP contribution < -0.4 is 0 Å². The molecule has 4 aromatic carbocycles. The number of fused-ring (bicyclic) bond motifs is 9. The van der Waals surface area contributed by atoms with Gasteiger partial charge in [0.15, 0.2) is 0 Å². The molecule has 6 heteroatoms. The lowest BCUT2D eigenvalue weighted by molar-refractivity contribution is -0.0136. The van der Waals surface area contributed by atoms with Gasteiger partial charge < -0.3 is 4.74 Å². The molecule has 0 fully saturated rings. The van der Waals surface area contributed by atoms with Gasteiger partial charge in [0.2, 0.25) is 5.90 Å². The first kappa shape index (κ1) is 30.1. The van der Waals surface area contributed by atoms with Crippen LogP contribution in [0.25, 0.3) is 55.2 Å². The number of rotatable bonds is 3. The summed E-state index contributed by atoms with van der Waals surface area (Å²) in [6, 6.07) is 37.2. The number of hydrogen-bond acceptors (Lipinski definition) is 4. The summed E-state index contributed by atoms with van der Waals surface area (Å²) in [6.45, 7) is 15.4. The largest absolute Gasteiger partial charge is 0.467 e. The molecule has 250 valence electrons. The van der Waals surface area contributed by atoms with Gasteiger partial charge in [0.25, 0.3) is 0 Å². The third-order valence-electron chi connectivity index (χ3n) is 12.1. The number of aromatic nitrogens is 4. The Morgan fingerprint density at radius 2 is 1.31 bits per heavy atom. The van der Waals surface area contributed by atoms with Gasteiger partial charge in [-0.1, -0.05) is 67.4 Å². The summed E-state index contributed by atoms with van der Waals surface area (Å²) >= 11 is 0. The zero-order chi connectivity index (χ0) is 35.0. The van der Waals surface area contributed by atoms with Crippen LogP contribution in [0.5, 0.6) is 0 Å². The smallest absolute Gasteiger partial charge is 0.217 e. The number of aryl methyl sites for hydroxylation is 3. The molecule has 5 heterocycles. The summed E-state index contributed by atoms with van der Waals surface area (Å²) in [5, 5.41) is 4.72. The molecule has 2 atom stereocenters. The molecule has 6 nitrogen and oxygen atoms in total. The van der Waals surface area contributed by atoms with Crippen LogP contribution >= 0.6 is 0 Å². The van der Waals surface area contributed by atoms with Gasteiger partial charge in [-0.25, -0.2) is 15.0 Å². The number of hydrogen-bond donors (Lipinski definition) is 0.